The molecule has 1 unspecified atom stereocenters. The molecule has 0 spiro atoms. The van der Waals surface area contributed by atoms with Gasteiger partial charge in [-0.15, -0.1) is 0 Å². The van der Waals surface area contributed by atoms with Crippen molar-refractivity contribution in [1.82, 2.24) is 4.72 Å². The minimum atomic E-state index is -4.02. The third-order valence-corrected chi connectivity index (χ3v) is 4.13. The number of hydrogen-bond donors (Lipinski definition) is 3. The van der Waals surface area contributed by atoms with E-state index in [2.05, 4.69) is 0 Å². The molecule has 0 aliphatic heterocycles. The molecule has 1 aromatic carbocycles. The second-order valence-electron chi connectivity index (χ2n) is 4.19. The lowest BCUT2D eigenvalue weighted by atomic mass is 10.2. The van der Waals surface area contributed by atoms with Gasteiger partial charge in [0.2, 0.25) is 15.9 Å². The SMILES string of the molecule is COc1ccc(S(=O)(=O)NC(CCC(N)=O)C(=O)O)cc1. The third-order valence-electron chi connectivity index (χ3n) is 2.64. The van der Waals surface area contributed by atoms with Crippen molar-refractivity contribution in [2.75, 3.05) is 7.11 Å². The van der Waals surface area contributed by atoms with Crippen molar-refractivity contribution in [1.29, 1.82) is 0 Å². The van der Waals surface area contributed by atoms with Gasteiger partial charge in [0.25, 0.3) is 0 Å². The highest BCUT2D eigenvalue weighted by atomic mass is 32.2. The Morgan fingerprint density at radius 3 is 2.33 bits per heavy atom. The van der Waals surface area contributed by atoms with Crippen LogP contribution in [0.15, 0.2) is 29.2 Å². The van der Waals surface area contributed by atoms with Gasteiger partial charge in [0.15, 0.2) is 0 Å². The van der Waals surface area contributed by atoms with Crippen LogP contribution in [0.3, 0.4) is 0 Å². The van der Waals surface area contributed by atoms with Crippen LogP contribution in [0.2, 0.25) is 0 Å². The molecule has 4 N–H and O–H groups in total. The summed E-state index contributed by atoms with van der Waals surface area (Å²) in [5.41, 5.74) is 4.92. The van der Waals surface area contributed by atoms with Gasteiger partial charge in [-0.05, 0) is 30.7 Å². The largest absolute Gasteiger partial charge is 0.497 e. The van der Waals surface area contributed by atoms with Crippen LogP contribution in [-0.4, -0.2) is 38.6 Å². The molecule has 8 nitrogen and oxygen atoms in total. The number of carbonyl (C=O) groups is 2. The van der Waals surface area contributed by atoms with Crippen molar-refractivity contribution in [3.05, 3.63) is 24.3 Å². The minimum absolute atomic E-state index is 0.103. The minimum Gasteiger partial charge on any atom is -0.497 e. The van der Waals surface area contributed by atoms with E-state index in [9.17, 15) is 18.0 Å². The number of methoxy groups -OCH3 is 1. The first kappa shape index (κ1) is 16.9. The van der Waals surface area contributed by atoms with E-state index in [1.165, 1.54) is 31.4 Å². The molecule has 1 atom stereocenters. The number of nitrogens with two attached hydrogens (primary N) is 1. The summed E-state index contributed by atoms with van der Waals surface area (Å²) in [5, 5.41) is 8.98. The first-order valence-electron chi connectivity index (χ1n) is 5.94. The van der Waals surface area contributed by atoms with Gasteiger partial charge in [0.05, 0.1) is 12.0 Å². The fraction of sp³-hybridized carbons (Fsp3) is 0.333. The Hall–Kier alpha value is -2.13. The number of carbonyl (C=O) groups excluding carboxylic acids is 1. The van der Waals surface area contributed by atoms with Crippen LogP contribution in [0, 0.1) is 0 Å². The summed E-state index contributed by atoms with van der Waals surface area (Å²) in [6, 6.07) is 4.02. The van der Waals surface area contributed by atoms with Crippen molar-refractivity contribution < 1.29 is 27.9 Å². The van der Waals surface area contributed by atoms with Crippen LogP contribution in [0.4, 0.5) is 0 Å². The molecule has 21 heavy (non-hydrogen) atoms. The van der Waals surface area contributed by atoms with Crippen LogP contribution in [-0.2, 0) is 19.6 Å². The van der Waals surface area contributed by atoms with Gasteiger partial charge in [-0.2, -0.15) is 4.72 Å². The smallest absolute Gasteiger partial charge is 0.321 e. The highest BCUT2D eigenvalue weighted by molar-refractivity contribution is 7.89. The molecule has 116 valence electrons. The Labute approximate surface area is 122 Å². The van der Waals surface area contributed by atoms with Gasteiger partial charge in [-0.25, -0.2) is 8.42 Å². The summed E-state index contributed by atoms with van der Waals surface area (Å²) in [6.07, 6.45) is -0.456. The number of aliphatic carboxylic acids is 1. The number of carboxylic acids is 1. The van der Waals surface area contributed by atoms with Crippen molar-refractivity contribution in [3.63, 3.8) is 0 Å². The normalized spacial score (nSPS) is 12.6. The second-order valence-corrected chi connectivity index (χ2v) is 5.91. The zero-order chi connectivity index (χ0) is 16.0. The molecule has 0 fully saturated rings. The number of amides is 1. The molecule has 1 aromatic rings. The van der Waals surface area contributed by atoms with E-state index in [0.29, 0.717) is 5.75 Å². The monoisotopic (exact) mass is 316 g/mol. The van der Waals surface area contributed by atoms with Crippen LogP contribution < -0.4 is 15.2 Å². The van der Waals surface area contributed by atoms with Gasteiger partial charge in [0, 0.05) is 6.42 Å². The molecule has 1 rings (SSSR count). The molecule has 0 radical (unpaired) electrons. The van der Waals surface area contributed by atoms with E-state index in [1.54, 1.807) is 0 Å². The number of primary amides is 1. The number of sulfonamides is 1. The van der Waals surface area contributed by atoms with Crippen LogP contribution >= 0.6 is 0 Å². The number of nitrogens with one attached hydrogen (secondary N) is 1. The molecule has 9 heteroatoms. The predicted octanol–water partition coefficient (Wildman–Crippen LogP) is -0.308. The molecule has 0 saturated carbocycles. The van der Waals surface area contributed by atoms with E-state index in [0.717, 1.165) is 0 Å². The molecule has 0 bridgehead atoms. The summed E-state index contributed by atoms with van der Waals surface area (Å²) >= 11 is 0. The molecule has 0 aliphatic carbocycles. The molecule has 0 aromatic heterocycles. The predicted molar refractivity (Wildman–Crippen MR) is 73.2 cm³/mol. The van der Waals surface area contributed by atoms with Gasteiger partial charge in [-0.3, -0.25) is 9.59 Å². The standard InChI is InChI=1S/C12H16N2O6S/c1-20-8-2-4-9(5-3-8)21(18,19)14-10(12(16)17)6-7-11(13)15/h2-5,10,14H,6-7H2,1H3,(H2,13,15)(H,16,17). The van der Waals surface area contributed by atoms with E-state index < -0.39 is 27.9 Å². The van der Waals surface area contributed by atoms with Gasteiger partial charge in [-0.1, -0.05) is 0 Å². The lowest BCUT2D eigenvalue weighted by Crippen LogP contribution is -2.41. The first-order chi connectivity index (χ1) is 9.76. The van der Waals surface area contributed by atoms with E-state index >= 15 is 0 Å². The maximum absolute atomic E-state index is 12.1. The summed E-state index contributed by atoms with van der Waals surface area (Å²) in [4.78, 5) is 21.6. The highest BCUT2D eigenvalue weighted by Crippen LogP contribution is 2.16. The van der Waals surface area contributed by atoms with Crippen molar-refractivity contribution >= 4 is 21.9 Å². The summed E-state index contributed by atoms with van der Waals surface area (Å²) in [6.45, 7) is 0. The molecular weight excluding hydrogens is 300 g/mol. The Balaban J connectivity index is 2.89. The van der Waals surface area contributed by atoms with E-state index in [4.69, 9.17) is 15.6 Å². The fourth-order valence-electron chi connectivity index (χ4n) is 1.53. The summed E-state index contributed by atoms with van der Waals surface area (Å²) in [7, 11) is -2.58. The zero-order valence-corrected chi connectivity index (χ0v) is 12.1. The van der Waals surface area contributed by atoms with E-state index in [-0.39, 0.29) is 17.7 Å². The zero-order valence-electron chi connectivity index (χ0n) is 11.3. The van der Waals surface area contributed by atoms with Gasteiger partial charge < -0.3 is 15.6 Å². The lowest BCUT2D eigenvalue weighted by Gasteiger charge is -2.14. The molecule has 0 aliphatic rings. The third kappa shape index (κ3) is 5.04. The number of carboxylic acid groups (broad SMARTS) is 1. The Morgan fingerprint density at radius 2 is 1.90 bits per heavy atom. The molecule has 1 amide bonds. The Bertz CT molecular complexity index is 611. The maximum Gasteiger partial charge on any atom is 0.321 e. The van der Waals surface area contributed by atoms with Gasteiger partial charge in [0.1, 0.15) is 11.8 Å². The quantitative estimate of drug-likeness (QED) is 0.602. The van der Waals surface area contributed by atoms with Crippen molar-refractivity contribution in [3.8, 4) is 5.75 Å². The summed E-state index contributed by atoms with van der Waals surface area (Å²) in [5.74, 6) is -1.62. The topological polar surface area (TPSA) is 136 Å². The van der Waals surface area contributed by atoms with Crippen molar-refractivity contribution in [2.45, 2.75) is 23.8 Å². The molecular formula is C12H16N2O6S. The molecule has 0 saturated heterocycles. The van der Waals surface area contributed by atoms with Crippen LogP contribution in [0.5, 0.6) is 5.75 Å². The number of ether oxygens (including phenoxy) is 1. The maximum atomic E-state index is 12.1. The fourth-order valence-corrected chi connectivity index (χ4v) is 2.75. The van der Waals surface area contributed by atoms with E-state index in [1.807, 2.05) is 4.72 Å². The summed E-state index contributed by atoms with van der Waals surface area (Å²) < 4.78 is 31.1. The average Bonchev–Trinajstić information content (AvgIpc) is 2.43. The van der Waals surface area contributed by atoms with Crippen LogP contribution in [0.1, 0.15) is 12.8 Å². The molecule has 0 heterocycles. The van der Waals surface area contributed by atoms with Crippen LogP contribution in [0.25, 0.3) is 0 Å². The second kappa shape index (κ2) is 7.04. The van der Waals surface area contributed by atoms with Gasteiger partial charge >= 0.3 is 5.97 Å². The number of rotatable bonds is 8. The Morgan fingerprint density at radius 1 is 1.33 bits per heavy atom. The highest BCUT2D eigenvalue weighted by Gasteiger charge is 2.25. The lowest BCUT2D eigenvalue weighted by molar-refractivity contribution is -0.139. The number of hydrogen-bond acceptors (Lipinski definition) is 5. The first-order valence-corrected chi connectivity index (χ1v) is 7.42. The van der Waals surface area contributed by atoms with Crippen molar-refractivity contribution in [2.24, 2.45) is 5.73 Å². The Kier molecular flexibility index (Phi) is 5.68. The number of benzene rings is 1. The average molecular weight is 316 g/mol.